The Morgan fingerprint density at radius 2 is 1.76 bits per heavy atom. The molecule has 1 aromatic carbocycles. The van der Waals surface area contributed by atoms with E-state index in [0.717, 1.165) is 22.7 Å². The molecule has 0 aliphatic heterocycles. The highest BCUT2D eigenvalue weighted by atomic mass is 32.2. The third-order valence-corrected chi connectivity index (χ3v) is 6.04. The molecule has 0 saturated carbocycles. The third kappa shape index (κ3) is 4.45. The zero-order valence-electron chi connectivity index (χ0n) is 11.9. The van der Waals surface area contributed by atoms with E-state index in [0.29, 0.717) is 6.07 Å². The average Bonchev–Trinajstić information content (AvgIpc) is 2.25. The monoisotopic (exact) mass is 341 g/mol. The van der Waals surface area contributed by atoms with Gasteiger partial charge in [0.25, 0.3) is 0 Å². The van der Waals surface area contributed by atoms with Crippen LogP contribution in [0, 0.1) is 11.6 Å². The van der Waals surface area contributed by atoms with Gasteiger partial charge >= 0.3 is 0 Å². The predicted molar refractivity (Wildman–Crippen MR) is 75.1 cm³/mol. The molecular formula is C12H17F2NO4S2. The number of hydrogen-bond donors (Lipinski definition) is 0. The van der Waals surface area contributed by atoms with Gasteiger partial charge in [-0.1, -0.05) is 6.92 Å². The highest BCUT2D eigenvalue weighted by Crippen LogP contribution is 2.22. The number of sulfonamides is 1. The van der Waals surface area contributed by atoms with Crippen molar-refractivity contribution >= 4 is 19.9 Å². The Morgan fingerprint density at radius 1 is 1.19 bits per heavy atom. The van der Waals surface area contributed by atoms with Gasteiger partial charge < -0.3 is 0 Å². The molecule has 0 heterocycles. The molecule has 21 heavy (non-hydrogen) atoms. The lowest BCUT2D eigenvalue weighted by atomic mass is 10.3. The van der Waals surface area contributed by atoms with Crippen molar-refractivity contribution in [2.24, 2.45) is 0 Å². The van der Waals surface area contributed by atoms with Gasteiger partial charge in [0.1, 0.15) is 26.4 Å². The second-order valence-electron chi connectivity index (χ2n) is 4.72. The summed E-state index contributed by atoms with van der Waals surface area (Å²) in [6.07, 6.45) is 0.989. The van der Waals surface area contributed by atoms with Crippen LogP contribution in [0.4, 0.5) is 8.78 Å². The number of benzene rings is 1. The van der Waals surface area contributed by atoms with E-state index in [9.17, 15) is 25.6 Å². The van der Waals surface area contributed by atoms with E-state index in [2.05, 4.69) is 0 Å². The van der Waals surface area contributed by atoms with Gasteiger partial charge in [0, 0.05) is 24.9 Å². The van der Waals surface area contributed by atoms with E-state index >= 15 is 0 Å². The molecule has 0 fully saturated rings. The maximum absolute atomic E-state index is 13.7. The fourth-order valence-electron chi connectivity index (χ4n) is 2.05. The predicted octanol–water partition coefficient (Wildman–Crippen LogP) is 1.41. The largest absolute Gasteiger partial charge is 0.246 e. The van der Waals surface area contributed by atoms with Gasteiger partial charge in [-0.2, -0.15) is 4.31 Å². The number of hydrogen-bond acceptors (Lipinski definition) is 4. The van der Waals surface area contributed by atoms with Crippen molar-refractivity contribution in [3.63, 3.8) is 0 Å². The lowest BCUT2D eigenvalue weighted by Crippen LogP contribution is -2.42. The highest BCUT2D eigenvalue weighted by molar-refractivity contribution is 7.91. The van der Waals surface area contributed by atoms with Crippen LogP contribution in [-0.2, 0) is 19.9 Å². The molecule has 0 aliphatic carbocycles. The van der Waals surface area contributed by atoms with Gasteiger partial charge in [0.15, 0.2) is 0 Å². The fourth-order valence-corrected chi connectivity index (χ4v) is 4.89. The molecule has 0 aromatic heterocycles. The maximum atomic E-state index is 13.7. The summed E-state index contributed by atoms with van der Waals surface area (Å²) in [6.45, 7) is 2.90. The van der Waals surface area contributed by atoms with Crippen LogP contribution in [0.25, 0.3) is 0 Å². The molecule has 0 aliphatic rings. The molecule has 0 spiro atoms. The molecule has 0 amide bonds. The molecular weight excluding hydrogens is 324 g/mol. The lowest BCUT2D eigenvalue weighted by molar-refractivity contribution is 0.367. The van der Waals surface area contributed by atoms with E-state index in [4.69, 9.17) is 0 Å². The van der Waals surface area contributed by atoms with Crippen LogP contribution in [0.3, 0.4) is 0 Å². The van der Waals surface area contributed by atoms with E-state index in [-0.39, 0.29) is 12.3 Å². The van der Waals surface area contributed by atoms with Crippen LogP contribution in [0.5, 0.6) is 0 Å². The van der Waals surface area contributed by atoms with E-state index in [1.807, 2.05) is 0 Å². The summed E-state index contributed by atoms with van der Waals surface area (Å²) in [6, 6.07) is 1.28. The molecule has 120 valence electrons. The Labute approximate surface area is 123 Å². The Kier molecular flexibility index (Phi) is 5.46. The van der Waals surface area contributed by atoms with Crippen molar-refractivity contribution in [3.05, 3.63) is 29.8 Å². The molecule has 0 saturated heterocycles. The quantitative estimate of drug-likeness (QED) is 0.784. The molecule has 5 nitrogen and oxygen atoms in total. The third-order valence-electron chi connectivity index (χ3n) is 2.83. The van der Waals surface area contributed by atoms with Crippen molar-refractivity contribution in [2.75, 3.05) is 18.6 Å². The van der Waals surface area contributed by atoms with Crippen LogP contribution in [0.2, 0.25) is 0 Å². The number of rotatable bonds is 6. The molecule has 1 atom stereocenters. The molecule has 0 bridgehead atoms. The molecule has 0 radical (unpaired) electrons. The SMILES string of the molecule is CCN(C(C)CS(C)(=O)=O)S(=O)(=O)c1ccc(F)cc1F. The van der Waals surface area contributed by atoms with E-state index < -0.39 is 42.4 Å². The van der Waals surface area contributed by atoms with Crippen LogP contribution in [0.15, 0.2) is 23.1 Å². The number of sulfone groups is 1. The second kappa shape index (κ2) is 6.37. The minimum atomic E-state index is -4.24. The van der Waals surface area contributed by atoms with Gasteiger partial charge in [-0.05, 0) is 19.1 Å². The number of nitrogens with zero attached hydrogens (tertiary/aromatic N) is 1. The van der Waals surface area contributed by atoms with Gasteiger partial charge in [0.05, 0.1) is 5.75 Å². The minimum Gasteiger partial charge on any atom is -0.229 e. The second-order valence-corrected chi connectivity index (χ2v) is 8.77. The summed E-state index contributed by atoms with van der Waals surface area (Å²) in [4.78, 5) is -0.675. The first kappa shape index (κ1) is 18.0. The Morgan fingerprint density at radius 3 is 2.19 bits per heavy atom. The van der Waals surface area contributed by atoms with Crippen molar-refractivity contribution in [1.82, 2.24) is 4.31 Å². The van der Waals surface area contributed by atoms with Gasteiger partial charge in [0.2, 0.25) is 10.0 Å². The zero-order chi connectivity index (χ0) is 16.4. The van der Waals surface area contributed by atoms with Crippen molar-refractivity contribution in [1.29, 1.82) is 0 Å². The maximum Gasteiger partial charge on any atom is 0.246 e. The Hall–Kier alpha value is -1.06. The zero-order valence-corrected chi connectivity index (χ0v) is 13.5. The van der Waals surface area contributed by atoms with Crippen LogP contribution in [-0.4, -0.2) is 45.7 Å². The number of halogens is 2. The smallest absolute Gasteiger partial charge is 0.229 e. The van der Waals surface area contributed by atoms with E-state index in [1.165, 1.54) is 13.8 Å². The van der Waals surface area contributed by atoms with Gasteiger partial charge in [-0.25, -0.2) is 25.6 Å². The highest BCUT2D eigenvalue weighted by Gasteiger charge is 2.31. The van der Waals surface area contributed by atoms with Crippen LogP contribution in [0.1, 0.15) is 13.8 Å². The summed E-state index contributed by atoms with van der Waals surface area (Å²) in [5.41, 5.74) is 0. The topological polar surface area (TPSA) is 71.5 Å². The van der Waals surface area contributed by atoms with Crippen LogP contribution >= 0.6 is 0 Å². The normalized spacial score (nSPS) is 14.4. The molecule has 1 aromatic rings. The minimum absolute atomic E-state index is 0.0319. The first-order valence-electron chi connectivity index (χ1n) is 6.13. The summed E-state index contributed by atoms with van der Waals surface area (Å²) in [5, 5.41) is 0. The molecule has 9 heteroatoms. The fraction of sp³-hybridized carbons (Fsp3) is 0.500. The van der Waals surface area contributed by atoms with Crippen molar-refractivity contribution in [3.8, 4) is 0 Å². The summed E-state index contributed by atoms with van der Waals surface area (Å²) < 4.78 is 74.8. The van der Waals surface area contributed by atoms with E-state index in [1.54, 1.807) is 0 Å². The summed E-state index contributed by atoms with van der Waals surface area (Å²) in [7, 11) is -7.64. The lowest BCUT2D eigenvalue weighted by Gasteiger charge is -2.26. The van der Waals surface area contributed by atoms with Gasteiger partial charge in [-0.3, -0.25) is 0 Å². The van der Waals surface area contributed by atoms with Gasteiger partial charge in [-0.15, -0.1) is 0 Å². The first-order valence-corrected chi connectivity index (χ1v) is 9.63. The average molecular weight is 341 g/mol. The molecule has 1 unspecified atom stereocenters. The molecule has 0 N–H and O–H groups in total. The first-order chi connectivity index (χ1) is 9.49. The van der Waals surface area contributed by atoms with Crippen molar-refractivity contribution < 1.29 is 25.6 Å². The Bertz CT molecular complexity index is 717. The standard InChI is InChI=1S/C12H17F2NO4S2/c1-4-15(9(2)8-20(3,16)17)21(18,19)12-6-5-10(13)7-11(12)14/h5-7,9H,4,8H2,1-3H3. The Balaban J connectivity index is 3.25. The molecule has 1 rings (SSSR count). The van der Waals surface area contributed by atoms with Crippen LogP contribution < -0.4 is 0 Å². The summed E-state index contributed by atoms with van der Waals surface area (Å²) >= 11 is 0. The summed E-state index contributed by atoms with van der Waals surface area (Å²) in [5.74, 6) is -2.48. The van der Waals surface area contributed by atoms with Crippen molar-refractivity contribution in [2.45, 2.75) is 24.8 Å².